The molecular weight excluding hydrogens is 195 g/mol. The zero-order valence-electron chi connectivity index (χ0n) is 7.65. The van der Waals surface area contributed by atoms with Crippen molar-refractivity contribution < 1.29 is 4.74 Å². The first kappa shape index (κ1) is 10.6. The third kappa shape index (κ3) is 2.51. The van der Waals surface area contributed by atoms with E-state index in [1.54, 1.807) is 0 Å². The minimum absolute atomic E-state index is 0.0288. The van der Waals surface area contributed by atoms with Gasteiger partial charge in [-0.3, -0.25) is 0 Å². The van der Waals surface area contributed by atoms with Crippen LogP contribution in [0.1, 0.15) is 20.3 Å². The van der Waals surface area contributed by atoms with Crippen LogP contribution in [0.5, 0.6) is 0 Å². The van der Waals surface area contributed by atoms with Gasteiger partial charge >= 0.3 is 0 Å². The highest BCUT2D eigenvalue weighted by Crippen LogP contribution is 2.34. The van der Waals surface area contributed by atoms with Crippen molar-refractivity contribution in [2.75, 3.05) is 18.4 Å². The fourth-order valence-electron chi connectivity index (χ4n) is 1.68. The van der Waals surface area contributed by atoms with Crippen LogP contribution in [-0.2, 0) is 4.74 Å². The van der Waals surface area contributed by atoms with E-state index in [0.29, 0.717) is 23.6 Å². The molecular formula is C9H16Cl2O. The summed E-state index contributed by atoms with van der Waals surface area (Å²) in [4.78, 5) is 0. The summed E-state index contributed by atoms with van der Waals surface area (Å²) >= 11 is 11.6. The summed E-state index contributed by atoms with van der Waals surface area (Å²) < 4.78 is 5.62. The Hall–Kier alpha value is 0.540. The van der Waals surface area contributed by atoms with Gasteiger partial charge in [0, 0.05) is 11.8 Å². The molecule has 0 aromatic carbocycles. The average Bonchev–Trinajstić information content (AvgIpc) is 2.34. The molecule has 1 atom stereocenters. The largest absolute Gasteiger partial charge is 0.375 e. The van der Waals surface area contributed by atoms with Crippen molar-refractivity contribution in [3.63, 3.8) is 0 Å². The van der Waals surface area contributed by atoms with Gasteiger partial charge in [-0.05, 0) is 32.1 Å². The van der Waals surface area contributed by atoms with Gasteiger partial charge in [0.25, 0.3) is 0 Å². The second kappa shape index (κ2) is 4.17. The van der Waals surface area contributed by atoms with E-state index >= 15 is 0 Å². The summed E-state index contributed by atoms with van der Waals surface area (Å²) in [5.41, 5.74) is 0.0288. The highest BCUT2D eigenvalue weighted by molar-refractivity contribution is 6.20. The number of rotatable bonds is 3. The van der Waals surface area contributed by atoms with Crippen LogP contribution < -0.4 is 0 Å². The molecule has 1 aliphatic rings. The van der Waals surface area contributed by atoms with Gasteiger partial charge in [-0.15, -0.1) is 23.2 Å². The molecule has 0 N–H and O–H groups in total. The Balaban J connectivity index is 2.45. The molecule has 0 spiro atoms. The molecule has 1 nitrogen and oxygen atoms in total. The molecule has 0 aromatic heterocycles. The number of ether oxygens (including phenoxy) is 1. The quantitative estimate of drug-likeness (QED) is 0.652. The zero-order chi connectivity index (χ0) is 9.19. The third-order valence-electron chi connectivity index (χ3n) is 2.50. The molecule has 1 rings (SSSR count). The number of hydrogen-bond donors (Lipinski definition) is 0. The number of halogens is 2. The monoisotopic (exact) mass is 210 g/mol. The first-order valence-electron chi connectivity index (χ1n) is 4.35. The molecule has 0 radical (unpaired) electrons. The minimum Gasteiger partial charge on any atom is -0.375 e. The van der Waals surface area contributed by atoms with Gasteiger partial charge in [0.1, 0.15) is 0 Å². The van der Waals surface area contributed by atoms with Crippen molar-refractivity contribution in [2.45, 2.75) is 25.9 Å². The second-order valence-corrected chi connectivity index (χ2v) is 4.72. The average molecular weight is 211 g/mol. The molecule has 0 aliphatic carbocycles. The van der Waals surface area contributed by atoms with E-state index in [-0.39, 0.29) is 5.60 Å². The van der Waals surface area contributed by atoms with Gasteiger partial charge in [-0.2, -0.15) is 0 Å². The number of hydrogen-bond acceptors (Lipinski definition) is 1. The van der Waals surface area contributed by atoms with Gasteiger partial charge in [-0.25, -0.2) is 0 Å². The minimum atomic E-state index is 0.0288. The lowest BCUT2D eigenvalue weighted by Crippen LogP contribution is -2.20. The molecule has 1 aliphatic heterocycles. The fourth-order valence-corrected chi connectivity index (χ4v) is 2.51. The lowest BCUT2D eigenvalue weighted by Gasteiger charge is -2.19. The molecule has 0 bridgehead atoms. The van der Waals surface area contributed by atoms with Crippen molar-refractivity contribution in [1.82, 2.24) is 0 Å². The molecule has 3 heteroatoms. The van der Waals surface area contributed by atoms with Crippen LogP contribution in [0.3, 0.4) is 0 Å². The predicted molar refractivity (Wildman–Crippen MR) is 53.1 cm³/mol. The lowest BCUT2D eigenvalue weighted by molar-refractivity contribution is 0.0342. The van der Waals surface area contributed by atoms with E-state index in [4.69, 9.17) is 27.9 Å². The van der Waals surface area contributed by atoms with Crippen LogP contribution in [0.25, 0.3) is 0 Å². The maximum atomic E-state index is 5.80. The molecule has 12 heavy (non-hydrogen) atoms. The molecule has 0 aromatic rings. The zero-order valence-corrected chi connectivity index (χ0v) is 9.16. The standard InChI is InChI=1S/C9H16Cl2O/c1-9(2)3-7(6-12-9)8(4-10)5-11/h7-8H,3-6H2,1-2H3. The summed E-state index contributed by atoms with van der Waals surface area (Å²) in [6.45, 7) is 5.05. The van der Waals surface area contributed by atoms with Crippen LogP contribution in [0, 0.1) is 11.8 Å². The summed E-state index contributed by atoms with van der Waals surface area (Å²) in [6.07, 6.45) is 1.08. The summed E-state index contributed by atoms with van der Waals surface area (Å²) in [5.74, 6) is 2.26. The Morgan fingerprint density at radius 1 is 1.42 bits per heavy atom. The molecule has 1 heterocycles. The van der Waals surface area contributed by atoms with Crippen LogP contribution in [0.15, 0.2) is 0 Å². The van der Waals surface area contributed by atoms with Crippen molar-refractivity contribution in [3.8, 4) is 0 Å². The third-order valence-corrected chi connectivity index (χ3v) is 3.30. The smallest absolute Gasteiger partial charge is 0.0630 e. The fraction of sp³-hybridized carbons (Fsp3) is 1.00. The summed E-state index contributed by atoms with van der Waals surface area (Å²) in [5, 5.41) is 0. The highest BCUT2D eigenvalue weighted by atomic mass is 35.5. The van der Waals surface area contributed by atoms with Crippen molar-refractivity contribution >= 4 is 23.2 Å². The normalized spacial score (nSPS) is 28.2. The Morgan fingerprint density at radius 2 is 2.00 bits per heavy atom. The second-order valence-electron chi connectivity index (χ2n) is 4.10. The molecule has 1 saturated heterocycles. The van der Waals surface area contributed by atoms with Crippen LogP contribution in [0.4, 0.5) is 0 Å². The Morgan fingerprint density at radius 3 is 2.33 bits per heavy atom. The number of alkyl halides is 2. The van der Waals surface area contributed by atoms with Crippen LogP contribution in [0.2, 0.25) is 0 Å². The van der Waals surface area contributed by atoms with Gasteiger partial charge < -0.3 is 4.74 Å². The van der Waals surface area contributed by atoms with Gasteiger partial charge in [-0.1, -0.05) is 0 Å². The topological polar surface area (TPSA) is 9.23 Å². The maximum absolute atomic E-state index is 5.80. The molecule has 1 fully saturated rings. The summed E-state index contributed by atoms with van der Waals surface area (Å²) in [7, 11) is 0. The van der Waals surface area contributed by atoms with E-state index in [0.717, 1.165) is 13.0 Å². The molecule has 1 unspecified atom stereocenters. The SMILES string of the molecule is CC1(C)CC(C(CCl)CCl)CO1. The Bertz CT molecular complexity index is 143. The first-order chi connectivity index (χ1) is 5.59. The first-order valence-corrected chi connectivity index (χ1v) is 5.42. The summed E-state index contributed by atoms with van der Waals surface area (Å²) in [6, 6.07) is 0. The van der Waals surface area contributed by atoms with E-state index in [1.807, 2.05) is 0 Å². The van der Waals surface area contributed by atoms with E-state index in [1.165, 1.54) is 0 Å². The van der Waals surface area contributed by atoms with E-state index < -0.39 is 0 Å². The predicted octanol–water partition coefficient (Wildman–Crippen LogP) is 2.90. The highest BCUT2D eigenvalue weighted by Gasteiger charge is 2.35. The maximum Gasteiger partial charge on any atom is 0.0630 e. The van der Waals surface area contributed by atoms with Crippen molar-refractivity contribution in [3.05, 3.63) is 0 Å². The van der Waals surface area contributed by atoms with E-state index in [2.05, 4.69) is 13.8 Å². The van der Waals surface area contributed by atoms with Crippen molar-refractivity contribution in [2.24, 2.45) is 11.8 Å². The van der Waals surface area contributed by atoms with Gasteiger partial charge in [0.2, 0.25) is 0 Å². The Labute approximate surface area is 84.4 Å². The van der Waals surface area contributed by atoms with Crippen LogP contribution >= 0.6 is 23.2 Å². The van der Waals surface area contributed by atoms with Gasteiger partial charge in [0.05, 0.1) is 12.2 Å². The molecule has 0 amide bonds. The lowest BCUT2D eigenvalue weighted by atomic mass is 9.89. The molecule has 0 saturated carbocycles. The van der Waals surface area contributed by atoms with Gasteiger partial charge in [0.15, 0.2) is 0 Å². The van der Waals surface area contributed by atoms with E-state index in [9.17, 15) is 0 Å². The molecule has 72 valence electrons. The van der Waals surface area contributed by atoms with Crippen LogP contribution in [-0.4, -0.2) is 24.0 Å². The van der Waals surface area contributed by atoms with Crippen molar-refractivity contribution in [1.29, 1.82) is 0 Å². The Kier molecular flexibility index (Phi) is 3.69.